The van der Waals surface area contributed by atoms with Crippen LogP contribution in [0, 0.1) is 17.8 Å². The van der Waals surface area contributed by atoms with Crippen molar-refractivity contribution < 1.29 is 9.53 Å². The molecule has 1 saturated carbocycles. The summed E-state index contributed by atoms with van der Waals surface area (Å²) in [7, 11) is 0. The minimum atomic E-state index is 0.184. The summed E-state index contributed by atoms with van der Waals surface area (Å²) < 4.78 is 5.69. The molecule has 0 spiro atoms. The number of fused-ring (bicyclic) bond motifs is 2. The van der Waals surface area contributed by atoms with E-state index in [1.54, 1.807) is 0 Å². The van der Waals surface area contributed by atoms with E-state index in [1.165, 1.54) is 12.0 Å². The molecule has 0 unspecified atom stereocenters. The molecular formula is C19H25NO2. The molecule has 1 fully saturated rings. The standard InChI is InChI=1S/C19H25NO2/c1-2-3-14-5-8-17(9-6-14)22-11-10-20-19(21)18-13-15-4-7-16(18)12-15/h4-9,15-16,18H,2-3,10-13H2,1H3,(H,20,21)/t15-,16+,18-/m0/s1. The number of nitrogens with one attached hydrogen (secondary N) is 1. The monoisotopic (exact) mass is 299 g/mol. The van der Waals surface area contributed by atoms with Gasteiger partial charge in [-0.1, -0.05) is 37.6 Å². The van der Waals surface area contributed by atoms with Gasteiger partial charge >= 0.3 is 0 Å². The molecule has 22 heavy (non-hydrogen) atoms. The molecule has 0 aromatic heterocycles. The summed E-state index contributed by atoms with van der Waals surface area (Å²) in [5.41, 5.74) is 1.34. The number of allylic oxidation sites excluding steroid dienone is 2. The molecule has 1 N–H and O–H groups in total. The molecule has 0 aliphatic heterocycles. The second kappa shape index (κ2) is 6.99. The molecule has 0 radical (unpaired) electrons. The zero-order valence-corrected chi connectivity index (χ0v) is 13.3. The molecule has 3 nitrogen and oxygen atoms in total. The highest BCUT2D eigenvalue weighted by Crippen LogP contribution is 2.43. The number of hydrogen-bond donors (Lipinski definition) is 1. The molecule has 0 saturated heterocycles. The first-order chi connectivity index (χ1) is 10.8. The number of benzene rings is 1. The van der Waals surface area contributed by atoms with E-state index in [2.05, 4.69) is 36.5 Å². The van der Waals surface area contributed by atoms with Crippen molar-refractivity contribution in [2.75, 3.05) is 13.2 Å². The molecule has 3 rings (SSSR count). The van der Waals surface area contributed by atoms with Crippen molar-refractivity contribution in [3.63, 3.8) is 0 Å². The number of aryl methyl sites for hydroxylation is 1. The number of hydrogen-bond acceptors (Lipinski definition) is 2. The summed E-state index contributed by atoms with van der Waals surface area (Å²) in [5.74, 6) is 2.36. The molecule has 1 aromatic rings. The minimum absolute atomic E-state index is 0.184. The second-order valence-electron chi connectivity index (χ2n) is 6.42. The molecule has 0 heterocycles. The molecule has 1 amide bonds. The molecule has 1 aromatic carbocycles. The van der Waals surface area contributed by atoms with Gasteiger partial charge in [0.05, 0.1) is 6.54 Å². The first-order valence-electron chi connectivity index (χ1n) is 8.44. The highest BCUT2D eigenvalue weighted by molar-refractivity contribution is 5.79. The third kappa shape index (κ3) is 3.52. The van der Waals surface area contributed by atoms with E-state index >= 15 is 0 Å². The Labute approximate surface area is 132 Å². The van der Waals surface area contributed by atoms with Gasteiger partial charge in [-0.25, -0.2) is 0 Å². The van der Waals surface area contributed by atoms with Crippen LogP contribution in [0.1, 0.15) is 31.7 Å². The number of carbonyl (C=O) groups excluding carboxylic acids is 1. The van der Waals surface area contributed by atoms with E-state index in [9.17, 15) is 4.79 Å². The summed E-state index contributed by atoms with van der Waals surface area (Å²) in [5, 5.41) is 3.01. The van der Waals surface area contributed by atoms with Crippen LogP contribution in [-0.4, -0.2) is 19.1 Å². The van der Waals surface area contributed by atoms with Crippen LogP contribution in [-0.2, 0) is 11.2 Å². The Morgan fingerprint density at radius 2 is 2.05 bits per heavy atom. The summed E-state index contributed by atoms with van der Waals surface area (Å²) in [6.07, 6.45) is 8.93. The summed E-state index contributed by atoms with van der Waals surface area (Å²) in [6.45, 7) is 3.28. The average molecular weight is 299 g/mol. The number of amides is 1. The van der Waals surface area contributed by atoms with Crippen LogP contribution < -0.4 is 10.1 Å². The van der Waals surface area contributed by atoms with Gasteiger partial charge in [0, 0.05) is 5.92 Å². The van der Waals surface area contributed by atoms with Gasteiger partial charge in [0.2, 0.25) is 5.91 Å². The van der Waals surface area contributed by atoms with E-state index in [1.807, 2.05) is 12.1 Å². The van der Waals surface area contributed by atoms with Crippen LogP contribution >= 0.6 is 0 Å². The molecule has 2 aliphatic rings. The summed E-state index contributed by atoms with van der Waals surface area (Å²) in [4.78, 5) is 12.2. The second-order valence-corrected chi connectivity index (χ2v) is 6.42. The van der Waals surface area contributed by atoms with Crippen LogP contribution in [0.5, 0.6) is 5.75 Å². The van der Waals surface area contributed by atoms with Crippen molar-refractivity contribution >= 4 is 5.91 Å². The topological polar surface area (TPSA) is 38.3 Å². The summed E-state index contributed by atoms with van der Waals surface area (Å²) in [6, 6.07) is 8.24. The van der Waals surface area contributed by atoms with E-state index in [0.717, 1.165) is 25.0 Å². The van der Waals surface area contributed by atoms with Crippen molar-refractivity contribution in [1.29, 1.82) is 0 Å². The van der Waals surface area contributed by atoms with Gasteiger partial charge in [-0.15, -0.1) is 0 Å². The van der Waals surface area contributed by atoms with Crippen LogP contribution in [0.2, 0.25) is 0 Å². The Morgan fingerprint density at radius 3 is 2.68 bits per heavy atom. The van der Waals surface area contributed by atoms with Gasteiger partial charge in [-0.3, -0.25) is 4.79 Å². The van der Waals surface area contributed by atoms with Crippen LogP contribution in [0.15, 0.2) is 36.4 Å². The zero-order valence-electron chi connectivity index (χ0n) is 13.3. The molecule has 2 aliphatic carbocycles. The van der Waals surface area contributed by atoms with Crippen LogP contribution in [0.3, 0.4) is 0 Å². The Kier molecular flexibility index (Phi) is 4.81. The van der Waals surface area contributed by atoms with Crippen LogP contribution in [0.4, 0.5) is 0 Å². The Balaban J connectivity index is 1.36. The van der Waals surface area contributed by atoms with E-state index < -0.39 is 0 Å². The lowest BCUT2D eigenvalue weighted by Gasteiger charge is -2.17. The average Bonchev–Trinajstić information content (AvgIpc) is 3.16. The van der Waals surface area contributed by atoms with Gasteiger partial charge < -0.3 is 10.1 Å². The predicted molar refractivity (Wildman–Crippen MR) is 87.8 cm³/mol. The van der Waals surface area contributed by atoms with E-state index in [-0.39, 0.29) is 11.8 Å². The first kappa shape index (κ1) is 15.1. The molecular weight excluding hydrogens is 274 g/mol. The fourth-order valence-electron chi connectivity index (χ4n) is 3.60. The van der Waals surface area contributed by atoms with Gasteiger partial charge in [0.15, 0.2) is 0 Å². The quantitative estimate of drug-likeness (QED) is 0.619. The molecule has 3 heteroatoms. The Bertz CT molecular complexity index is 535. The van der Waals surface area contributed by atoms with Crippen molar-refractivity contribution in [3.05, 3.63) is 42.0 Å². The van der Waals surface area contributed by atoms with Crippen molar-refractivity contribution in [2.45, 2.75) is 32.6 Å². The zero-order chi connectivity index (χ0) is 15.4. The fraction of sp³-hybridized carbons (Fsp3) is 0.526. The fourth-order valence-corrected chi connectivity index (χ4v) is 3.60. The lowest BCUT2D eigenvalue weighted by atomic mass is 9.93. The van der Waals surface area contributed by atoms with Crippen molar-refractivity contribution in [2.24, 2.45) is 17.8 Å². The largest absolute Gasteiger partial charge is 0.492 e. The molecule has 118 valence electrons. The maximum atomic E-state index is 12.2. The number of ether oxygens (including phenoxy) is 1. The van der Waals surface area contributed by atoms with Crippen molar-refractivity contribution in [1.82, 2.24) is 5.32 Å². The summed E-state index contributed by atoms with van der Waals surface area (Å²) >= 11 is 0. The minimum Gasteiger partial charge on any atom is -0.492 e. The maximum Gasteiger partial charge on any atom is 0.223 e. The van der Waals surface area contributed by atoms with Gasteiger partial charge in [0.1, 0.15) is 12.4 Å². The Morgan fingerprint density at radius 1 is 1.23 bits per heavy atom. The predicted octanol–water partition coefficient (Wildman–Crippen LogP) is 3.35. The third-order valence-corrected chi connectivity index (χ3v) is 4.75. The lowest BCUT2D eigenvalue weighted by molar-refractivity contribution is -0.125. The smallest absolute Gasteiger partial charge is 0.223 e. The normalized spacial score (nSPS) is 25.4. The SMILES string of the molecule is CCCc1ccc(OCCNC(=O)[C@H]2C[C@H]3C=C[C@@H]2C3)cc1. The van der Waals surface area contributed by atoms with Gasteiger partial charge in [-0.05, 0) is 48.8 Å². The number of carbonyl (C=O) groups is 1. The van der Waals surface area contributed by atoms with Gasteiger partial charge in [-0.2, -0.15) is 0 Å². The van der Waals surface area contributed by atoms with Crippen LogP contribution in [0.25, 0.3) is 0 Å². The third-order valence-electron chi connectivity index (χ3n) is 4.75. The highest BCUT2D eigenvalue weighted by Gasteiger charge is 2.39. The molecule has 2 bridgehead atoms. The highest BCUT2D eigenvalue weighted by atomic mass is 16.5. The van der Waals surface area contributed by atoms with E-state index in [4.69, 9.17) is 4.74 Å². The van der Waals surface area contributed by atoms with Gasteiger partial charge in [0.25, 0.3) is 0 Å². The number of rotatable bonds is 7. The maximum absolute atomic E-state index is 12.2. The van der Waals surface area contributed by atoms with E-state index in [0.29, 0.717) is 25.0 Å². The lowest BCUT2D eigenvalue weighted by Crippen LogP contribution is -2.35. The van der Waals surface area contributed by atoms with Crippen molar-refractivity contribution in [3.8, 4) is 5.75 Å². The first-order valence-corrected chi connectivity index (χ1v) is 8.44. The Hall–Kier alpha value is -1.77. The molecule has 3 atom stereocenters.